The van der Waals surface area contributed by atoms with Crippen molar-refractivity contribution in [3.63, 3.8) is 0 Å². The highest BCUT2D eigenvalue weighted by atomic mass is 19.2. The normalized spacial score (nSPS) is 14.4. The van der Waals surface area contributed by atoms with E-state index in [0.29, 0.717) is 19.0 Å². The molecule has 166 valence electrons. The van der Waals surface area contributed by atoms with Crippen molar-refractivity contribution < 1.29 is 27.6 Å². The molecule has 3 N–H and O–H groups in total. The number of anilines is 1. The maximum Gasteiger partial charge on any atom is 0.321 e. The predicted molar refractivity (Wildman–Crippen MR) is 105 cm³/mol. The Labute approximate surface area is 173 Å². The van der Waals surface area contributed by atoms with Crippen LogP contribution in [-0.2, 0) is 9.59 Å². The monoisotopic (exact) mass is 428 g/mol. The second kappa shape index (κ2) is 11.5. The van der Waals surface area contributed by atoms with Crippen molar-refractivity contribution in [1.29, 1.82) is 0 Å². The number of carbonyl (C=O) groups excluding carboxylic acids is 3. The third-order valence-electron chi connectivity index (χ3n) is 4.78. The Morgan fingerprint density at radius 2 is 1.67 bits per heavy atom. The fourth-order valence-electron chi connectivity index (χ4n) is 3.38. The van der Waals surface area contributed by atoms with Gasteiger partial charge >= 0.3 is 6.03 Å². The van der Waals surface area contributed by atoms with Gasteiger partial charge in [0, 0.05) is 6.04 Å². The highest BCUT2D eigenvalue weighted by Crippen LogP contribution is 2.19. The van der Waals surface area contributed by atoms with E-state index in [9.17, 15) is 27.6 Å². The Bertz CT molecular complexity index is 770. The van der Waals surface area contributed by atoms with Gasteiger partial charge in [0.15, 0.2) is 17.5 Å². The van der Waals surface area contributed by atoms with E-state index in [2.05, 4.69) is 16.0 Å². The van der Waals surface area contributed by atoms with Crippen LogP contribution in [0.2, 0.25) is 0 Å². The molecular formula is C20H27F3N4O3. The molecule has 0 saturated heterocycles. The summed E-state index contributed by atoms with van der Waals surface area (Å²) in [5.41, 5.74) is -0.494. The first-order valence-corrected chi connectivity index (χ1v) is 10.1. The minimum absolute atomic E-state index is 0.0510. The standard InChI is InChI=1S/C20H27F3N4O3/c1-2-10-27(11-16(28)25-15-9-8-14(21)18(22)19(15)23)12-17(29)26-20(30)24-13-6-4-3-5-7-13/h8-9,13H,2-7,10-12H2,1H3,(H,25,28)(H2,24,26,29,30). The fraction of sp³-hybridized carbons (Fsp3) is 0.550. The molecule has 1 fully saturated rings. The Morgan fingerprint density at radius 3 is 2.33 bits per heavy atom. The number of imide groups is 1. The molecule has 1 aromatic rings. The van der Waals surface area contributed by atoms with E-state index in [4.69, 9.17) is 0 Å². The number of urea groups is 1. The van der Waals surface area contributed by atoms with Crippen molar-refractivity contribution >= 4 is 23.5 Å². The van der Waals surface area contributed by atoms with Gasteiger partial charge in [0.05, 0.1) is 18.8 Å². The van der Waals surface area contributed by atoms with Crippen LogP contribution in [0.5, 0.6) is 0 Å². The van der Waals surface area contributed by atoms with Crippen LogP contribution in [0.4, 0.5) is 23.7 Å². The number of amides is 4. The van der Waals surface area contributed by atoms with Crippen LogP contribution in [0, 0.1) is 17.5 Å². The summed E-state index contributed by atoms with van der Waals surface area (Å²) in [5.74, 6) is -5.82. The molecule has 7 nitrogen and oxygen atoms in total. The van der Waals surface area contributed by atoms with Gasteiger partial charge in [0.1, 0.15) is 0 Å². The maximum atomic E-state index is 13.7. The number of carbonyl (C=O) groups is 3. The molecule has 0 aromatic heterocycles. The molecule has 1 saturated carbocycles. The van der Waals surface area contributed by atoms with Gasteiger partial charge in [-0.05, 0) is 37.9 Å². The molecule has 0 unspecified atom stereocenters. The molecule has 1 aromatic carbocycles. The zero-order valence-electron chi connectivity index (χ0n) is 16.9. The highest BCUT2D eigenvalue weighted by molar-refractivity contribution is 5.96. The van der Waals surface area contributed by atoms with Crippen molar-refractivity contribution in [2.24, 2.45) is 0 Å². The lowest BCUT2D eigenvalue weighted by Gasteiger charge is -2.23. The number of rotatable bonds is 8. The molecule has 30 heavy (non-hydrogen) atoms. The van der Waals surface area contributed by atoms with Crippen molar-refractivity contribution in [3.05, 3.63) is 29.6 Å². The Kier molecular flexibility index (Phi) is 9.10. The number of hydrogen-bond donors (Lipinski definition) is 3. The maximum absolute atomic E-state index is 13.7. The summed E-state index contributed by atoms with van der Waals surface area (Å²) in [6.45, 7) is 1.70. The van der Waals surface area contributed by atoms with Crippen LogP contribution in [0.15, 0.2) is 12.1 Å². The summed E-state index contributed by atoms with van der Waals surface area (Å²) in [4.78, 5) is 37.8. The second-order valence-electron chi connectivity index (χ2n) is 7.34. The molecule has 2 rings (SSSR count). The lowest BCUT2D eigenvalue weighted by atomic mass is 9.96. The molecule has 0 aliphatic heterocycles. The average Bonchev–Trinajstić information content (AvgIpc) is 2.69. The molecule has 0 bridgehead atoms. The van der Waals surface area contributed by atoms with Gasteiger partial charge in [-0.15, -0.1) is 0 Å². The predicted octanol–water partition coefficient (Wildman–Crippen LogP) is 2.91. The third-order valence-corrected chi connectivity index (χ3v) is 4.78. The average molecular weight is 428 g/mol. The molecule has 4 amide bonds. The van der Waals surface area contributed by atoms with Gasteiger partial charge in [-0.3, -0.25) is 19.8 Å². The minimum Gasteiger partial charge on any atom is -0.335 e. The number of benzene rings is 1. The van der Waals surface area contributed by atoms with Crippen molar-refractivity contribution in [3.8, 4) is 0 Å². The zero-order valence-corrected chi connectivity index (χ0v) is 16.9. The summed E-state index contributed by atoms with van der Waals surface area (Å²) in [7, 11) is 0. The van der Waals surface area contributed by atoms with Crippen LogP contribution in [0.3, 0.4) is 0 Å². The van der Waals surface area contributed by atoms with E-state index in [1.54, 1.807) is 0 Å². The quantitative estimate of drug-likeness (QED) is 0.556. The lowest BCUT2D eigenvalue weighted by molar-refractivity contribution is -0.122. The van der Waals surface area contributed by atoms with Gasteiger partial charge in [-0.1, -0.05) is 26.2 Å². The van der Waals surface area contributed by atoms with Crippen LogP contribution < -0.4 is 16.0 Å². The smallest absolute Gasteiger partial charge is 0.321 e. The topological polar surface area (TPSA) is 90.5 Å². The molecule has 1 aliphatic rings. The van der Waals surface area contributed by atoms with Crippen LogP contribution in [-0.4, -0.2) is 48.4 Å². The Balaban J connectivity index is 1.85. The molecule has 0 radical (unpaired) electrons. The van der Waals surface area contributed by atoms with E-state index < -0.39 is 41.0 Å². The summed E-state index contributed by atoms with van der Waals surface area (Å²) < 4.78 is 40.0. The number of nitrogens with one attached hydrogen (secondary N) is 3. The minimum atomic E-state index is -1.68. The van der Waals surface area contributed by atoms with Gasteiger partial charge in [-0.2, -0.15) is 0 Å². The largest absolute Gasteiger partial charge is 0.335 e. The van der Waals surface area contributed by atoms with E-state index in [1.807, 2.05) is 6.92 Å². The summed E-state index contributed by atoms with van der Waals surface area (Å²) in [6.07, 6.45) is 5.60. The SMILES string of the molecule is CCCN(CC(=O)NC(=O)NC1CCCCC1)CC(=O)Nc1ccc(F)c(F)c1F. The van der Waals surface area contributed by atoms with E-state index in [-0.39, 0.29) is 19.1 Å². The first kappa shape index (κ1) is 23.7. The number of nitrogens with zero attached hydrogens (tertiary/aromatic N) is 1. The molecule has 0 spiro atoms. The zero-order chi connectivity index (χ0) is 22.1. The van der Waals surface area contributed by atoms with E-state index >= 15 is 0 Å². The molecule has 10 heteroatoms. The molecular weight excluding hydrogens is 401 g/mol. The molecule has 0 atom stereocenters. The summed E-state index contributed by atoms with van der Waals surface area (Å²) in [5, 5.41) is 7.18. The van der Waals surface area contributed by atoms with E-state index in [0.717, 1.165) is 38.2 Å². The Hall–Kier alpha value is -2.62. The van der Waals surface area contributed by atoms with Crippen LogP contribution in [0.25, 0.3) is 0 Å². The van der Waals surface area contributed by atoms with Gasteiger partial charge < -0.3 is 10.6 Å². The highest BCUT2D eigenvalue weighted by Gasteiger charge is 2.20. The van der Waals surface area contributed by atoms with Crippen molar-refractivity contribution in [2.75, 3.05) is 25.0 Å². The van der Waals surface area contributed by atoms with Crippen LogP contribution >= 0.6 is 0 Å². The number of hydrogen-bond acceptors (Lipinski definition) is 4. The van der Waals surface area contributed by atoms with Crippen molar-refractivity contribution in [2.45, 2.75) is 51.5 Å². The second-order valence-corrected chi connectivity index (χ2v) is 7.34. The summed E-state index contributed by atoms with van der Waals surface area (Å²) >= 11 is 0. The molecule has 1 aliphatic carbocycles. The number of halogens is 3. The van der Waals surface area contributed by atoms with E-state index in [1.165, 1.54) is 4.90 Å². The lowest BCUT2D eigenvalue weighted by Crippen LogP contribution is -2.49. The molecule has 0 heterocycles. The van der Waals surface area contributed by atoms with Gasteiger partial charge in [0.2, 0.25) is 11.8 Å². The fourth-order valence-corrected chi connectivity index (χ4v) is 3.38. The van der Waals surface area contributed by atoms with Crippen molar-refractivity contribution in [1.82, 2.24) is 15.5 Å². The van der Waals surface area contributed by atoms with Crippen LogP contribution in [0.1, 0.15) is 45.4 Å². The summed E-state index contributed by atoms with van der Waals surface area (Å²) in [6, 6.07) is 1.10. The Morgan fingerprint density at radius 1 is 1.00 bits per heavy atom. The first-order chi connectivity index (χ1) is 14.3. The third kappa shape index (κ3) is 7.33. The van der Waals surface area contributed by atoms with Gasteiger partial charge in [0.25, 0.3) is 0 Å². The first-order valence-electron chi connectivity index (χ1n) is 10.1. The van der Waals surface area contributed by atoms with Gasteiger partial charge in [-0.25, -0.2) is 18.0 Å².